The first-order chi connectivity index (χ1) is 23.2. The molecular weight excluding hydrogens is 616 g/mol. The molecule has 49 heavy (non-hydrogen) atoms. The van der Waals surface area contributed by atoms with Crippen molar-refractivity contribution in [2.24, 2.45) is 0 Å². The maximum Gasteiger partial charge on any atom is 0.308 e. The van der Waals surface area contributed by atoms with Gasteiger partial charge in [-0.3, -0.25) is 9.20 Å². The van der Waals surface area contributed by atoms with Gasteiger partial charge in [-0.1, -0.05) is 44.2 Å². The third-order valence-electron chi connectivity index (χ3n) is 8.73. The molecule has 0 amide bonds. The Morgan fingerprint density at radius 1 is 1.02 bits per heavy atom. The van der Waals surface area contributed by atoms with Crippen molar-refractivity contribution in [2.45, 2.75) is 118 Å². The molecule has 9 heteroatoms. The molecule has 7 rings (SSSR count). The first kappa shape index (κ1) is 37.9. The largest absolute Gasteiger partial charge is 0.490 e. The minimum Gasteiger partial charge on any atom is -0.490 e. The minimum atomic E-state index is -0.870. The summed E-state index contributed by atoms with van der Waals surface area (Å²) < 4.78 is 15.0. The molecule has 266 valence electrons. The Bertz CT molecular complexity index is 1710. The van der Waals surface area contributed by atoms with Crippen molar-refractivity contribution in [3.8, 4) is 28.1 Å². The Kier molecular flexibility index (Phi) is 12.5. The number of aryl methyl sites for hydroxylation is 2. The van der Waals surface area contributed by atoms with E-state index in [1.165, 1.54) is 0 Å². The fourth-order valence-electron chi connectivity index (χ4n) is 6.25. The van der Waals surface area contributed by atoms with Crippen LogP contribution in [0.4, 0.5) is 5.82 Å². The molecule has 1 atom stereocenters. The number of aliphatic carboxylic acids is 1. The second-order valence-corrected chi connectivity index (χ2v) is 14.3. The fourth-order valence-corrected chi connectivity index (χ4v) is 6.25. The number of aromatic nitrogens is 3. The second kappa shape index (κ2) is 16.2. The summed E-state index contributed by atoms with van der Waals surface area (Å²) >= 11 is 0. The van der Waals surface area contributed by atoms with E-state index in [4.69, 9.17) is 24.5 Å². The molecule has 3 aliphatic rings. The Labute approximate surface area is 292 Å². The van der Waals surface area contributed by atoms with Gasteiger partial charge >= 0.3 is 5.97 Å². The Morgan fingerprint density at radius 2 is 1.69 bits per heavy atom. The quantitative estimate of drug-likeness (QED) is 0.218. The van der Waals surface area contributed by atoms with Crippen molar-refractivity contribution >= 4 is 17.6 Å². The van der Waals surface area contributed by atoms with E-state index in [1.54, 1.807) is 20.8 Å². The van der Waals surface area contributed by atoms with Gasteiger partial charge in [0.05, 0.1) is 29.4 Å². The SMILES string of the molecule is CC.CC(C)(C)O.Cc1ccc2c(c1)OC(C)CCCCOC1(C)CCN(CC1)c1c(CC(=O)O)c(C)nc3nc(cn13)-c1cccc-2c1. The van der Waals surface area contributed by atoms with Crippen LogP contribution in [-0.2, 0) is 16.0 Å². The molecule has 0 spiro atoms. The predicted octanol–water partition coefficient (Wildman–Crippen LogP) is 8.44. The summed E-state index contributed by atoms with van der Waals surface area (Å²) in [6.45, 7) is 19.8. The Morgan fingerprint density at radius 3 is 2.37 bits per heavy atom. The molecular formula is C40H56N4O5. The van der Waals surface area contributed by atoms with E-state index in [0.717, 1.165) is 96.9 Å². The molecule has 2 N–H and O–H groups in total. The van der Waals surface area contributed by atoms with Gasteiger partial charge in [0.2, 0.25) is 5.78 Å². The number of aliphatic hydroxyl groups is 1. The zero-order chi connectivity index (χ0) is 35.9. The van der Waals surface area contributed by atoms with Gasteiger partial charge in [-0.25, -0.2) is 9.97 Å². The van der Waals surface area contributed by atoms with Gasteiger partial charge in [-0.2, -0.15) is 0 Å². The fraction of sp³-hybridized carbons (Fsp3) is 0.525. The number of rotatable bonds is 2. The highest BCUT2D eigenvalue weighted by atomic mass is 16.5. The summed E-state index contributed by atoms with van der Waals surface area (Å²) in [7, 11) is 0. The third-order valence-corrected chi connectivity index (χ3v) is 8.73. The monoisotopic (exact) mass is 672 g/mol. The highest BCUT2D eigenvalue weighted by Gasteiger charge is 2.33. The highest BCUT2D eigenvalue weighted by molar-refractivity contribution is 5.77. The molecule has 1 unspecified atom stereocenters. The first-order valence-electron chi connectivity index (χ1n) is 17.8. The number of carbonyl (C=O) groups is 1. The van der Waals surface area contributed by atoms with Crippen LogP contribution in [-0.4, -0.2) is 67.6 Å². The van der Waals surface area contributed by atoms with Crippen molar-refractivity contribution < 1.29 is 24.5 Å². The number of hydrogen-bond donors (Lipinski definition) is 2. The van der Waals surface area contributed by atoms with Crippen molar-refractivity contribution in [1.82, 2.24) is 14.4 Å². The molecule has 1 fully saturated rings. The van der Waals surface area contributed by atoms with Crippen LogP contribution in [0.3, 0.4) is 0 Å². The Hall–Kier alpha value is -3.95. The molecule has 0 radical (unpaired) electrons. The van der Waals surface area contributed by atoms with E-state index in [2.05, 4.69) is 68.1 Å². The van der Waals surface area contributed by atoms with Crippen LogP contribution < -0.4 is 9.64 Å². The Balaban J connectivity index is 0.000000710. The lowest BCUT2D eigenvalue weighted by Gasteiger charge is -2.41. The molecule has 1 saturated heterocycles. The molecule has 5 heterocycles. The highest BCUT2D eigenvalue weighted by Crippen LogP contribution is 2.37. The number of carboxylic acids is 1. The topological polar surface area (TPSA) is 109 Å². The van der Waals surface area contributed by atoms with Crippen LogP contribution in [0.25, 0.3) is 28.2 Å². The van der Waals surface area contributed by atoms with Gasteiger partial charge in [-0.15, -0.1) is 0 Å². The second-order valence-electron chi connectivity index (χ2n) is 14.3. The predicted molar refractivity (Wildman–Crippen MR) is 198 cm³/mol. The number of fused-ring (bicyclic) bond motifs is 8. The zero-order valence-corrected chi connectivity index (χ0v) is 31.0. The van der Waals surface area contributed by atoms with Gasteiger partial charge in [0.25, 0.3) is 0 Å². The summed E-state index contributed by atoms with van der Waals surface area (Å²) in [5.41, 5.74) is 5.75. The van der Waals surface area contributed by atoms with Crippen molar-refractivity contribution in [1.29, 1.82) is 0 Å². The molecule has 6 bridgehead atoms. The maximum absolute atomic E-state index is 11.9. The smallest absolute Gasteiger partial charge is 0.308 e. The van der Waals surface area contributed by atoms with Crippen molar-refractivity contribution in [3.63, 3.8) is 0 Å². The number of carboxylic acid groups (broad SMARTS) is 1. The summed E-state index contributed by atoms with van der Waals surface area (Å²) in [5.74, 6) is 1.46. The van der Waals surface area contributed by atoms with E-state index in [1.807, 2.05) is 31.4 Å². The molecule has 2 aromatic heterocycles. The number of anilines is 1. The van der Waals surface area contributed by atoms with Crippen LogP contribution in [0.1, 0.15) is 97.4 Å². The average Bonchev–Trinajstić information content (AvgIpc) is 3.45. The summed E-state index contributed by atoms with van der Waals surface area (Å²) in [6, 6.07) is 14.7. The summed E-state index contributed by atoms with van der Waals surface area (Å²) in [4.78, 5) is 23.9. The normalized spacial score (nSPS) is 19.6. The lowest BCUT2D eigenvalue weighted by Crippen LogP contribution is -2.45. The van der Waals surface area contributed by atoms with E-state index in [9.17, 15) is 9.90 Å². The van der Waals surface area contributed by atoms with Crippen molar-refractivity contribution in [3.05, 3.63) is 65.5 Å². The third kappa shape index (κ3) is 10.0. The lowest BCUT2D eigenvalue weighted by molar-refractivity contribution is -0.136. The van der Waals surface area contributed by atoms with Crippen LogP contribution >= 0.6 is 0 Å². The number of imidazole rings is 1. The maximum atomic E-state index is 11.9. The van der Waals surface area contributed by atoms with E-state index in [0.29, 0.717) is 11.5 Å². The summed E-state index contributed by atoms with van der Waals surface area (Å²) in [6.07, 6.45) is 6.70. The zero-order valence-electron chi connectivity index (χ0n) is 31.0. The van der Waals surface area contributed by atoms with E-state index >= 15 is 0 Å². The molecule has 3 aliphatic heterocycles. The van der Waals surface area contributed by atoms with E-state index in [-0.39, 0.29) is 18.1 Å². The summed E-state index contributed by atoms with van der Waals surface area (Å²) in [5, 5.41) is 18.3. The molecule has 0 saturated carbocycles. The molecule has 2 aromatic carbocycles. The van der Waals surface area contributed by atoms with Crippen LogP contribution in [0.15, 0.2) is 48.7 Å². The molecule has 9 nitrogen and oxygen atoms in total. The number of nitrogens with zero attached hydrogens (tertiary/aromatic N) is 4. The number of benzene rings is 2. The van der Waals surface area contributed by atoms with Crippen molar-refractivity contribution in [2.75, 3.05) is 24.6 Å². The number of piperidine rings is 1. The van der Waals surface area contributed by atoms with Gasteiger partial charge in [0.1, 0.15) is 11.6 Å². The molecule has 4 aromatic rings. The standard InChI is InChI=1S/C34H40N4O4.C4H10O.C2H6/c1-22-11-12-27-25-9-7-10-26(19-25)29-21-38-32(28(20-31(39)40)24(3)35-33(38)36-29)37-15-13-34(4,14-16-37)41-17-6-5-8-23(2)42-30(27)18-22;1-4(2,3)5;1-2/h7,9-12,18-19,21,23H,5-6,8,13-17,20H2,1-4H3,(H,39,40);5H,1-3H3;1-2H3. The number of ether oxygens (including phenoxy) is 2. The first-order valence-corrected chi connectivity index (χ1v) is 17.8. The van der Waals surface area contributed by atoms with Gasteiger partial charge in [-0.05, 0) is 104 Å². The average molecular weight is 673 g/mol. The van der Waals surface area contributed by atoms with Crippen LogP contribution in [0, 0.1) is 13.8 Å². The lowest BCUT2D eigenvalue weighted by atomic mass is 9.92. The van der Waals surface area contributed by atoms with Crippen LogP contribution in [0.5, 0.6) is 5.75 Å². The van der Waals surface area contributed by atoms with E-state index < -0.39 is 11.6 Å². The van der Waals surface area contributed by atoms with Gasteiger partial charge < -0.3 is 24.6 Å². The van der Waals surface area contributed by atoms with Gasteiger partial charge in [0.15, 0.2) is 0 Å². The van der Waals surface area contributed by atoms with Crippen LogP contribution in [0.2, 0.25) is 0 Å². The minimum absolute atomic E-state index is 0.0873. The number of hydrogen-bond acceptors (Lipinski definition) is 7. The molecule has 0 aliphatic carbocycles. The van der Waals surface area contributed by atoms with Gasteiger partial charge in [0, 0.05) is 48.3 Å².